The molecule has 2 rings (SSSR count). The van der Waals surface area contributed by atoms with Gasteiger partial charge in [-0.05, 0) is 18.2 Å². The van der Waals surface area contributed by atoms with Gasteiger partial charge in [-0.2, -0.15) is 0 Å². The van der Waals surface area contributed by atoms with Crippen molar-refractivity contribution in [2.24, 2.45) is 0 Å². The van der Waals surface area contributed by atoms with Crippen LogP contribution in [0.5, 0.6) is 5.75 Å². The molecule has 2 N–H and O–H groups in total. The molecule has 19 heavy (non-hydrogen) atoms. The topological polar surface area (TPSA) is 105 Å². The van der Waals surface area contributed by atoms with Gasteiger partial charge in [-0.3, -0.25) is 19.9 Å². The van der Waals surface area contributed by atoms with Gasteiger partial charge in [0.05, 0.1) is 4.92 Å². The number of anilines is 1. The summed E-state index contributed by atoms with van der Waals surface area (Å²) in [5.41, 5.74) is -0.315. The number of carbonyl (C=O) groups excluding carboxylic acids is 1. The van der Waals surface area contributed by atoms with Crippen molar-refractivity contribution in [2.75, 3.05) is 5.32 Å². The van der Waals surface area contributed by atoms with Crippen molar-refractivity contribution in [1.82, 2.24) is 4.98 Å². The zero-order valence-corrected chi connectivity index (χ0v) is 9.61. The summed E-state index contributed by atoms with van der Waals surface area (Å²) in [4.78, 5) is 25.8. The molecule has 0 fully saturated rings. The third-order valence-corrected chi connectivity index (χ3v) is 2.40. The van der Waals surface area contributed by atoms with Crippen LogP contribution >= 0.6 is 0 Å². The van der Waals surface area contributed by atoms with Crippen LogP contribution in [0.15, 0.2) is 42.7 Å². The second kappa shape index (κ2) is 5.13. The highest BCUT2D eigenvalue weighted by atomic mass is 16.6. The number of hydrogen-bond donors (Lipinski definition) is 2. The molecule has 0 radical (unpaired) electrons. The van der Waals surface area contributed by atoms with Gasteiger partial charge in [-0.25, -0.2) is 0 Å². The number of pyridine rings is 1. The first-order valence-electron chi connectivity index (χ1n) is 5.27. The highest BCUT2D eigenvalue weighted by molar-refractivity contribution is 6.06. The minimum absolute atomic E-state index is 0.227. The summed E-state index contributed by atoms with van der Waals surface area (Å²) in [7, 11) is 0. The Morgan fingerprint density at radius 2 is 1.95 bits per heavy atom. The number of amides is 1. The van der Waals surface area contributed by atoms with Crippen LogP contribution in [0, 0.1) is 10.1 Å². The van der Waals surface area contributed by atoms with E-state index in [4.69, 9.17) is 0 Å². The lowest BCUT2D eigenvalue weighted by Crippen LogP contribution is -2.13. The zero-order chi connectivity index (χ0) is 13.8. The molecule has 0 bridgehead atoms. The van der Waals surface area contributed by atoms with Crippen LogP contribution in [0.2, 0.25) is 0 Å². The quantitative estimate of drug-likeness (QED) is 0.498. The Labute approximate surface area is 107 Å². The van der Waals surface area contributed by atoms with Gasteiger partial charge in [0.1, 0.15) is 5.75 Å². The van der Waals surface area contributed by atoms with E-state index in [1.807, 2.05) is 0 Å². The molecule has 0 spiro atoms. The van der Waals surface area contributed by atoms with E-state index in [2.05, 4.69) is 10.3 Å². The highest BCUT2D eigenvalue weighted by Crippen LogP contribution is 2.33. The molecule has 1 amide bonds. The number of carbonyl (C=O) groups is 1. The van der Waals surface area contributed by atoms with Crippen molar-refractivity contribution in [1.29, 1.82) is 0 Å². The molecule has 0 atom stereocenters. The number of nitrogens with one attached hydrogen (secondary N) is 1. The van der Waals surface area contributed by atoms with E-state index in [0.29, 0.717) is 0 Å². The van der Waals surface area contributed by atoms with E-state index in [0.717, 1.165) is 0 Å². The molecule has 0 aliphatic rings. The van der Waals surface area contributed by atoms with Crippen LogP contribution in [0.25, 0.3) is 0 Å². The maximum Gasteiger partial charge on any atom is 0.296 e. The normalized spacial score (nSPS) is 9.89. The Balaban J connectivity index is 2.34. The average molecular weight is 259 g/mol. The van der Waals surface area contributed by atoms with E-state index in [1.54, 1.807) is 0 Å². The van der Waals surface area contributed by atoms with Gasteiger partial charge in [0.15, 0.2) is 5.69 Å². The van der Waals surface area contributed by atoms with E-state index < -0.39 is 10.8 Å². The number of phenolic OH excluding ortho intramolecular Hbond substituents is 1. The second-order valence-corrected chi connectivity index (χ2v) is 3.62. The SMILES string of the molecule is O=C(Nc1c(O)cccc1[N+](=O)[O-])c1ccncc1. The zero-order valence-electron chi connectivity index (χ0n) is 9.61. The van der Waals surface area contributed by atoms with Crippen LogP contribution in [0.3, 0.4) is 0 Å². The van der Waals surface area contributed by atoms with Crippen molar-refractivity contribution in [3.05, 3.63) is 58.4 Å². The maximum absolute atomic E-state index is 11.9. The third kappa shape index (κ3) is 2.65. The molecule has 0 saturated heterocycles. The van der Waals surface area contributed by atoms with Gasteiger partial charge < -0.3 is 10.4 Å². The number of aromatic hydroxyl groups is 1. The average Bonchev–Trinajstić information content (AvgIpc) is 2.41. The first-order chi connectivity index (χ1) is 9.09. The fourth-order valence-corrected chi connectivity index (χ4v) is 1.50. The van der Waals surface area contributed by atoms with Crippen molar-refractivity contribution in [3.8, 4) is 5.75 Å². The number of hydrogen-bond acceptors (Lipinski definition) is 5. The number of aromatic nitrogens is 1. The lowest BCUT2D eigenvalue weighted by Gasteiger charge is -2.07. The Morgan fingerprint density at radius 1 is 1.26 bits per heavy atom. The predicted molar refractivity (Wildman–Crippen MR) is 67.0 cm³/mol. The van der Waals surface area contributed by atoms with Crippen LogP contribution in [-0.2, 0) is 0 Å². The summed E-state index contributed by atoms with van der Waals surface area (Å²) >= 11 is 0. The Kier molecular flexibility index (Phi) is 3.37. The number of rotatable bonds is 3. The smallest absolute Gasteiger partial charge is 0.296 e. The third-order valence-electron chi connectivity index (χ3n) is 2.40. The van der Waals surface area contributed by atoms with Crippen LogP contribution in [-0.4, -0.2) is 20.9 Å². The number of nitro benzene ring substituents is 1. The van der Waals surface area contributed by atoms with E-state index in [-0.39, 0.29) is 22.7 Å². The van der Waals surface area contributed by atoms with E-state index >= 15 is 0 Å². The van der Waals surface area contributed by atoms with Gasteiger partial charge in [-0.15, -0.1) is 0 Å². The minimum Gasteiger partial charge on any atom is -0.505 e. The molecule has 1 aromatic carbocycles. The summed E-state index contributed by atoms with van der Waals surface area (Å²) in [6.45, 7) is 0. The van der Waals surface area contributed by atoms with Crippen molar-refractivity contribution in [3.63, 3.8) is 0 Å². The summed E-state index contributed by atoms with van der Waals surface area (Å²) in [5.74, 6) is -0.927. The maximum atomic E-state index is 11.9. The summed E-state index contributed by atoms with van der Waals surface area (Å²) in [6.07, 6.45) is 2.85. The van der Waals surface area contributed by atoms with Gasteiger partial charge in [-0.1, -0.05) is 6.07 Å². The summed E-state index contributed by atoms with van der Waals surface area (Å²) < 4.78 is 0. The van der Waals surface area contributed by atoms with Crippen molar-refractivity contribution >= 4 is 17.3 Å². The van der Waals surface area contributed by atoms with Crippen LogP contribution in [0.4, 0.5) is 11.4 Å². The van der Waals surface area contributed by atoms with Crippen molar-refractivity contribution in [2.45, 2.75) is 0 Å². The number of nitrogens with zero attached hydrogens (tertiary/aromatic N) is 2. The first kappa shape index (κ1) is 12.5. The van der Waals surface area contributed by atoms with Gasteiger partial charge >= 0.3 is 0 Å². The largest absolute Gasteiger partial charge is 0.505 e. The number of benzene rings is 1. The van der Waals surface area contributed by atoms with E-state index in [1.165, 1.54) is 42.7 Å². The molecule has 7 heteroatoms. The molecule has 1 heterocycles. The molecular weight excluding hydrogens is 250 g/mol. The monoisotopic (exact) mass is 259 g/mol. The van der Waals surface area contributed by atoms with Gasteiger partial charge in [0.2, 0.25) is 0 Å². The second-order valence-electron chi connectivity index (χ2n) is 3.62. The number of nitro groups is 1. The fourth-order valence-electron chi connectivity index (χ4n) is 1.50. The molecule has 1 aromatic heterocycles. The number of para-hydroxylation sites is 1. The van der Waals surface area contributed by atoms with E-state index in [9.17, 15) is 20.0 Å². The highest BCUT2D eigenvalue weighted by Gasteiger charge is 2.19. The van der Waals surface area contributed by atoms with Gasteiger partial charge in [0, 0.05) is 24.0 Å². The fraction of sp³-hybridized carbons (Fsp3) is 0. The molecule has 0 aliphatic carbocycles. The lowest BCUT2D eigenvalue weighted by molar-refractivity contribution is -0.384. The molecule has 0 unspecified atom stereocenters. The molecule has 0 saturated carbocycles. The molecule has 2 aromatic rings. The van der Waals surface area contributed by atoms with Gasteiger partial charge in [0.25, 0.3) is 11.6 Å². The molecule has 96 valence electrons. The van der Waals surface area contributed by atoms with Crippen LogP contribution < -0.4 is 5.32 Å². The standard InChI is InChI=1S/C12H9N3O4/c16-10-3-1-2-9(15(18)19)11(10)14-12(17)8-4-6-13-7-5-8/h1-7,16H,(H,14,17). The molecule has 0 aliphatic heterocycles. The summed E-state index contributed by atoms with van der Waals surface area (Å²) in [6, 6.07) is 6.70. The minimum atomic E-state index is -0.679. The van der Waals surface area contributed by atoms with Crippen molar-refractivity contribution < 1.29 is 14.8 Å². The van der Waals surface area contributed by atoms with Crippen LogP contribution in [0.1, 0.15) is 10.4 Å². The predicted octanol–water partition coefficient (Wildman–Crippen LogP) is 1.95. The number of phenols is 1. The Hall–Kier alpha value is -2.96. The lowest BCUT2D eigenvalue weighted by atomic mass is 10.2. The molecule has 7 nitrogen and oxygen atoms in total. The summed E-state index contributed by atoms with van der Waals surface area (Å²) in [5, 5.41) is 22.7. The molecular formula is C12H9N3O4. The Bertz CT molecular complexity index is 628. The Morgan fingerprint density at radius 3 is 2.58 bits per heavy atom. The first-order valence-corrected chi connectivity index (χ1v) is 5.27.